The molecule has 0 aliphatic carbocycles. The second-order valence-electron chi connectivity index (χ2n) is 5.96. The van der Waals surface area contributed by atoms with Crippen molar-refractivity contribution in [1.29, 1.82) is 0 Å². The van der Waals surface area contributed by atoms with E-state index in [4.69, 9.17) is 11.6 Å². The van der Waals surface area contributed by atoms with E-state index in [9.17, 15) is 0 Å². The topological polar surface area (TPSA) is 15.3 Å². The van der Waals surface area contributed by atoms with Crippen molar-refractivity contribution in [3.8, 4) is 0 Å². The maximum Gasteiger partial charge on any atom is 0.0409 e. The molecule has 1 aromatic carbocycles. The third kappa shape index (κ3) is 3.13. The minimum atomic E-state index is 0.739. The first-order valence-electron chi connectivity index (χ1n) is 7.49. The van der Waals surface area contributed by atoms with E-state index < -0.39 is 0 Å². The summed E-state index contributed by atoms with van der Waals surface area (Å²) < 4.78 is 0. The van der Waals surface area contributed by atoms with Gasteiger partial charge in [0, 0.05) is 29.7 Å². The van der Waals surface area contributed by atoms with Gasteiger partial charge in [-0.25, -0.2) is 0 Å². The minimum absolute atomic E-state index is 0.739. The molecule has 1 N–H and O–H groups in total. The van der Waals surface area contributed by atoms with E-state index in [1.165, 1.54) is 31.2 Å². The fourth-order valence-corrected chi connectivity index (χ4v) is 3.91. The first-order chi connectivity index (χ1) is 9.24. The molecule has 2 atom stereocenters. The van der Waals surface area contributed by atoms with Crippen molar-refractivity contribution in [2.45, 2.75) is 57.3 Å². The Balaban J connectivity index is 1.67. The van der Waals surface area contributed by atoms with Gasteiger partial charge in [-0.15, -0.1) is 0 Å². The molecule has 19 heavy (non-hydrogen) atoms. The molecule has 1 aromatic rings. The van der Waals surface area contributed by atoms with Crippen LogP contribution in [0.4, 0.5) is 0 Å². The smallest absolute Gasteiger partial charge is 0.0409 e. The van der Waals surface area contributed by atoms with Crippen LogP contribution in [-0.2, 0) is 6.54 Å². The van der Waals surface area contributed by atoms with E-state index in [1.54, 1.807) is 0 Å². The number of nitrogens with zero attached hydrogens (tertiary/aromatic N) is 1. The second kappa shape index (κ2) is 5.82. The Kier molecular flexibility index (Phi) is 4.11. The molecular weight excluding hydrogens is 256 g/mol. The van der Waals surface area contributed by atoms with Gasteiger partial charge in [0.05, 0.1) is 0 Å². The van der Waals surface area contributed by atoms with Crippen molar-refractivity contribution in [3.05, 3.63) is 34.9 Å². The van der Waals surface area contributed by atoms with Gasteiger partial charge in [-0.3, -0.25) is 4.90 Å². The molecule has 2 bridgehead atoms. The highest BCUT2D eigenvalue weighted by Gasteiger charge is 2.35. The third-order valence-electron chi connectivity index (χ3n) is 4.65. The Labute approximate surface area is 121 Å². The zero-order valence-corrected chi connectivity index (χ0v) is 12.4. The van der Waals surface area contributed by atoms with Crippen LogP contribution in [0, 0.1) is 0 Å². The highest BCUT2D eigenvalue weighted by molar-refractivity contribution is 6.30. The molecule has 0 spiro atoms. The lowest BCUT2D eigenvalue weighted by molar-refractivity contribution is 0.141. The van der Waals surface area contributed by atoms with E-state index >= 15 is 0 Å². The molecule has 3 heteroatoms. The van der Waals surface area contributed by atoms with E-state index in [-0.39, 0.29) is 0 Å². The Bertz CT molecular complexity index is 423. The highest BCUT2D eigenvalue weighted by atomic mass is 35.5. The lowest BCUT2D eigenvalue weighted by Crippen LogP contribution is -2.47. The zero-order chi connectivity index (χ0) is 13.2. The summed E-state index contributed by atoms with van der Waals surface area (Å²) in [5.41, 5.74) is 1.33. The number of benzene rings is 1. The molecule has 2 aliphatic rings. The summed E-state index contributed by atoms with van der Waals surface area (Å²) in [6, 6.07) is 10.5. The van der Waals surface area contributed by atoms with Gasteiger partial charge in [-0.2, -0.15) is 0 Å². The number of fused-ring (bicyclic) bond motifs is 2. The summed E-state index contributed by atoms with van der Waals surface area (Å²) in [6.45, 7) is 4.42. The van der Waals surface area contributed by atoms with E-state index in [0.717, 1.165) is 36.2 Å². The Morgan fingerprint density at radius 3 is 2.63 bits per heavy atom. The first kappa shape index (κ1) is 13.4. The summed E-state index contributed by atoms with van der Waals surface area (Å²) in [6.07, 6.45) is 5.36. The SMILES string of the molecule is CCN(Cc1cccc(Cl)c1)C1CC2CCC(C1)N2. The van der Waals surface area contributed by atoms with Gasteiger partial charge in [-0.05, 0) is 49.9 Å². The average Bonchev–Trinajstić information content (AvgIpc) is 2.75. The summed E-state index contributed by atoms with van der Waals surface area (Å²) in [5.74, 6) is 0. The van der Waals surface area contributed by atoms with Crippen LogP contribution >= 0.6 is 11.6 Å². The van der Waals surface area contributed by atoms with Crippen molar-refractivity contribution in [1.82, 2.24) is 10.2 Å². The number of hydrogen-bond acceptors (Lipinski definition) is 2. The molecule has 104 valence electrons. The average molecular weight is 279 g/mol. The fourth-order valence-electron chi connectivity index (χ4n) is 3.69. The summed E-state index contributed by atoms with van der Waals surface area (Å²) in [5, 5.41) is 4.57. The fraction of sp³-hybridized carbons (Fsp3) is 0.625. The van der Waals surface area contributed by atoms with Crippen molar-refractivity contribution in [2.75, 3.05) is 6.54 Å². The monoisotopic (exact) mass is 278 g/mol. The van der Waals surface area contributed by atoms with Crippen LogP contribution in [0.2, 0.25) is 5.02 Å². The maximum absolute atomic E-state index is 6.09. The number of rotatable bonds is 4. The van der Waals surface area contributed by atoms with Gasteiger partial charge in [0.2, 0.25) is 0 Å². The van der Waals surface area contributed by atoms with Gasteiger partial charge in [-0.1, -0.05) is 30.7 Å². The van der Waals surface area contributed by atoms with Gasteiger partial charge < -0.3 is 5.32 Å². The van der Waals surface area contributed by atoms with Crippen LogP contribution < -0.4 is 5.32 Å². The second-order valence-corrected chi connectivity index (χ2v) is 6.39. The molecule has 3 rings (SSSR count). The van der Waals surface area contributed by atoms with Crippen LogP contribution in [0.1, 0.15) is 38.2 Å². The van der Waals surface area contributed by atoms with Crippen molar-refractivity contribution in [3.63, 3.8) is 0 Å². The molecule has 0 aromatic heterocycles. The normalized spacial score (nSPS) is 29.9. The Morgan fingerprint density at radius 1 is 1.26 bits per heavy atom. The molecule has 2 aliphatic heterocycles. The van der Waals surface area contributed by atoms with Crippen molar-refractivity contribution >= 4 is 11.6 Å². The van der Waals surface area contributed by atoms with Gasteiger partial charge >= 0.3 is 0 Å². The molecule has 2 unspecified atom stereocenters. The van der Waals surface area contributed by atoms with Crippen molar-refractivity contribution < 1.29 is 0 Å². The van der Waals surface area contributed by atoms with Crippen LogP contribution in [0.25, 0.3) is 0 Å². The molecule has 0 amide bonds. The predicted molar refractivity (Wildman–Crippen MR) is 80.5 cm³/mol. The number of piperidine rings is 1. The number of halogens is 1. The third-order valence-corrected chi connectivity index (χ3v) is 4.88. The van der Waals surface area contributed by atoms with E-state index in [2.05, 4.69) is 35.3 Å². The van der Waals surface area contributed by atoms with Crippen LogP contribution in [0.15, 0.2) is 24.3 Å². The quantitative estimate of drug-likeness (QED) is 0.908. The van der Waals surface area contributed by atoms with Gasteiger partial charge in [0.1, 0.15) is 0 Å². The van der Waals surface area contributed by atoms with E-state index in [0.29, 0.717) is 0 Å². The zero-order valence-electron chi connectivity index (χ0n) is 11.6. The van der Waals surface area contributed by atoms with Crippen LogP contribution in [0.5, 0.6) is 0 Å². The Morgan fingerprint density at radius 2 is 2.00 bits per heavy atom. The molecule has 2 nitrogen and oxygen atoms in total. The molecule has 2 saturated heterocycles. The molecule has 0 radical (unpaired) electrons. The Hall–Kier alpha value is -0.570. The minimum Gasteiger partial charge on any atom is -0.311 e. The standard InChI is InChI=1S/C16H23ClN2/c1-2-19(11-12-4-3-5-13(17)8-12)16-9-14-6-7-15(10-16)18-14/h3-5,8,14-16,18H,2,6-7,9-11H2,1H3. The number of nitrogens with one attached hydrogen (secondary N) is 1. The maximum atomic E-state index is 6.09. The summed E-state index contributed by atoms with van der Waals surface area (Å²) in [7, 11) is 0. The largest absolute Gasteiger partial charge is 0.311 e. The molecule has 2 fully saturated rings. The lowest BCUT2D eigenvalue weighted by Gasteiger charge is -2.37. The first-order valence-corrected chi connectivity index (χ1v) is 7.87. The predicted octanol–water partition coefficient (Wildman–Crippen LogP) is 3.44. The molecule has 0 saturated carbocycles. The van der Waals surface area contributed by atoms with E-state index in [1.807, 2.05) is 6.07 Å². The number of hydrogen-bond donors (Lipinski definition) is 1. The van der Waals surface area contributed by atoms with Crippen LogP contribution in [-0.4, -0.2) is 29.6 Å². The summed E-state index contributed by atoms with van der Waals surface area (Å²) >= 11 is 6.09. The molecular formula is C16H23ClN2. The van der Waals surface area contributed by atoms with Crippen molar-refractivity contribution in [2.24, 2.45) is 0 Å². The highest BCUT2D eigenvalue weighted by Crippen LogP contribution is 2.30. The molecule has 2 heterocycles. The van der Waals surface area contributed by atoms with Gasteiger partial charge in [0.25, 0.3) is 0 Å². The lowest BCUT2D eigenvalue weighted by atomic mass is 9.97. The summed E-state index contributed by atoms with van der Waals surface area (Å²) in [4.78, 5) is 2.62. The van der Waals surface area contributed by atoms with Gasteiger partial charge in [0.15, 0.2) is 0 Å². The van der Waals surface area contributed by atoms with Crippen LogP contribution in [0.3, 0.4) is 0 Å².